The van der Waals surface area contributed by atoms with Crippen LogP contribution in [-0.2, 0) is 14.8 Å². The molecule has 0 saturated carbocycles. The number of morpholine rings is 1. The molecule has 2 unspecified atom stereocenters. The van der Waals surface area contributed by atoms with Crippen molar-refractivity contribution in [2.45, 2.75) is 24.0 Å². The zero-order chi connectivity index (χ0) is 15.6. The number of hydrogen-bond acceptors (Lipinski definition) is 3. The van der Waals surface area contributed by atoms with Gasteiger partial charge in [0.25, 0.3) is 0 Å². The molecule has 0 N–H and O–H groups in total. The number of hydrogen-bond donors (Lipinski definition) is 0. The fraction of sp³-hybridized carbons (Fsp3) is 0.294. The Bertz CT molecular complexity index is 716. The summed E-state index contributed by atoms with van der Waals surface area (Å²) in [7, 11) is -3.48. The molecule has 2 aromatic carbocycles. The van der Waals surface area contributed by atoms with Gasteiger partial charge in [0, 0.05) is 13.1 Å². The number of benzene rings is 2. The SMILES string of the molecule is CC1CN(S(=O)(=O)c2ccccc2)CC(c2ccccc2)O1. The Kier molecular flexibility index (Phi) is 4.29. The molecule has 3 rings (SSSR count). The van der Waals surface area contributed by atoms with E-state index in [1.54, 1.807) is 24.3 Å². The van der Waals surface area contributed by atoms with Crippen LogP contribution in [0.15, 0.2) is 65.6 Å². The normalized spacial score (nSPS) is 23.3. The van der Waals surface area contributed by atoms with Gasteiger partial charge in [-0.25, -0.2) is 8.42 Å². The van der Waals surface area contributed by atoms with E-state index in [4.69, 9.17) is 4.74 Å². The zero-order valence-corrected chi connectivity index (χ0v) is 13.2. The van der Waals surface area contributed by atoms with Gasteiger partial charge in [0.2, 0.25) is 10.0 Å². The minimum Gasteiger partial charge on any atom is -0.368 e. The van der Waals surface area contributed by atoms with Crippen LogP contribution in [0.5, 0.6) is 0 Å². The van der Waals surface area contributed by atoms with E-state index in [1.807, 2.05) is 43.3 Å². The third-order valence-corrected chi connectivity index (χ3v) is 5.62. The lowest BCUT2D eigenvalue weighted by Crippen LogP contribution is -2.45. The van der Waals surface area contributed by atoms with Crippen molar-refractivity contribution in [1.82, 2.24) is 4.31 Å². The van der Waals surface area contributed by atoms with Crippen LogP contribution in [0.4, 0.5) is 0 Å². The number of sulfonamides is 1. The van der Waals surface area contributed by atoms with Crippen molar-refractivity contribution in [2.24, 2.45) is 0 Å². The highest BCUT2D eigenvalue weighted by Crippen LogP contribution is 2.28. The summed E-state index contributed by atoms with van der Waals surface area (Å²) < 4.78 is 33.0. The lowest BCUT2D eigenvalue weighted by Gasteiger charge is -2.36. The smallest absolute Gasteiger partial charge is 0.243 e. The largest absolute Gasteiger partial charge is 0.368 e. The molecular formula is C17H19NO3S. The van der Waals surface area contributed by atoms with Gasteiger partial charge in [0.05, 0.1) is 17.1 Å². The second-order valence-electron chi connectivity index (χ2n) is 5.48. The summed E-state index contributed by atoms with van der Waals surface area (Å²) in [6, 6.07) is 18.3. The predicted octanol–water partition coefficient (Wildman–Crippen LogP) is 2.84. The lowest BCUT2D eigenvalue weighted by molar-refractivity contribution is -0.0557. The van der Waals surface area contributed by atoms with Crippen LogP contribution in [0.2, 0.25) is 0 Å². The van der Waals surface area contributed by atoms with E-state index in [1.165, 1.54) is 4.31 Å². The van der Waals surface area contributed by atoms with E-state index in [2.05, 4.69) is 0 Å². The molecule has 0 aromatic heterocycles. The molecule has 0 amide bonds. The standard InChI is InChI=1S/C17H19NO3S/c1-14-12-18(22(19,20)16-10-6-3-7-11-16)13-17(21-14)15-8-4-2-5-9-15/h2-11,14,17H,12-13H2,1H3. The number of rotatable bonds is 3. The van der Waals surface area contributed by atoms with Crippen molar-refractivity contribution < 1.29 is 13.2 Å². The van der Waals surface area contributed by atoms with Crippen LogP contribution in [0.3, 0.4) is 0 Å². The van der Waals surface area contributed by atoms with Crippen molar-refractivity contribution in [3.05, 3.63) is 66.2 Å². The monoisotopic (exact) mass is 317 g/mol. The van der Waals surface area contributed by atoms with Gasteiger partial charge in [-0.3, -0.25) is 0 Å². The van der Waals surface area contributed by atoms with Crippen molar-refractivity contribution in [2.75, 3.05) is 13.1 Å². The highest BCUT2D eigenvalue weighted by atomic mass is 32.2. The summed E-state index contributed by atoms with van der Waals surface area (Å²) in [5.74, 6) is 0. The van der Waals surface area contributed by atoms with Crippen molar-refractivity contribution >= 4 is 10.0 Å². The Hall–Kier alpha value is -1.69. The summed E-state index contributed by atoms with van der Waals surface area (Å²) in [5, 5.41) is 0. The molecule has 2 atom stereocenters. The molecule has 2 aromatic rings. The van der Waals surface area contributed by atoms with Crippen molar-refractivity contribution in [3.63, 3.8) is 0 Å². The maximum atomic E-state index is 12.8. The first-order chi connectivity index (χ1) is 10.6. The maximum absolute atomic E-state index is 12.8. The molecule has 1 heterocycles. The summed E-state index contributed by atoms with van der Waals surface area (Å²) in [6.07, 6.45) is -0.374. The molecule has 0 aliphatic carbocycles. The second-order valence-corrected chi connectivity index (χ2v) is 7.42. The zero-order valence-electron chi connectivity index (χ0n) is 12.4. The lowest BCUT2D eigenvalue weighted by atomic mass is 10.1. The molecule has 5 heteroatoms. The third-order valence-electron chi connectivity index (χ3n) is 3.78. The first-order valence-electron chi connectivity index (χ1n) is 7.33. The van der Waals surface area contributed by atoms with Gasteiger partial charge in [0.15, 0.2) is 0 Å². The van der Waals surface area contributed by atoms with Crippen LogP contribution in [-0.4, -0.2) is 31.9 Å². The van der Waals surface area contributed by atoms with Crippen LogP contribution in [0.1, 0.15) is 18.6 Å². The first kappa shape index (κ1) is 15.2. The van der Waals surface area contributed by atoms with Gasteiger partial charge in [-0.15, -0.1) is 0 Å². The third kappa shape index (κ3) is 3.06. The van der Waals surface area contributed by atoms with E-state index in [-0.39, 0.29) is 12.2 Å². The molecule has 1 fully saturated rings. The Labute approximate surface area is 131 Å². The highest BCUT2D eigenvalue weighted by Gasteiger charge is 2.34. The molecule has 4 nitrogen and oxygen atoms in total. The highest BCUT2D eigenvalue weighted by molar-refractivity contribution is 7.89. The van der Waals surface area contributed by atoms with E-state index < -0.39 is 10.0 Å². The Morgan fingerprint density at radius 1 is 0.955 bits per heavy atom. The number of ether oxygens (including phenoxy) is 1. The number of nitrogens with zero attached hydrogens (tertiary/aromatic N) is 1. The Morgan fingerprint density at radius 3 is 2.18 bits per heavy atom. The quantitative estimate of drug-likeness (QED) is 0.874. The fourth-order valence-electron chi connectivity index (χ4n) is 2.70. The Morgan fingerprint density at radius 2 is 1.55 bits per heavy atom. The molecule has 116 valence electrons. The van der Waals surface area contributed by atoms with Gasteiger partial charge in [-0.1, -0.05) is 48.5 Å². The average Bonchev–Trinajstić information content (AvgIpc) is 2.56. The molecule has 0 spiro atoms. The van der Waals surface area contributed by atoms with Crippen LogP contribution in [0, 0.1) is 0 Å². The van der Waals surface area contributed by atoms with Gasteiger partial charge in [-0.2, -0.15) is 4.31 Å². The average molecular weight is 317 g/mol. The fourth-order valence-corrected chi connectivity index (χ4v) is 4.24. The van der Waals surface area contributed by atoms with E-state index in [9.17, 15) is 8.42 Å². The van der Waals surface area contributed by atoms with E-state index in [0.29, 0.717) is 18.0 Å². The van der Waals surface area contributed by atoms with E-state index in [0.717, 1.165) is 5.56 Å². The molecule has 22 heavy (non-hydrogen) atoms. The van der Waals surface area contributed by atoms with Crippen molar-refractivity contribution in [3.8, 4) is 0 Å². The molecule has 1 aliphatic heterocycles. The first-order valence-corrected chi connectivity index (χ1v) is 8.77. The predicted molar refractivity (Wildman–Crippen MR) is 84.9 cm³/mol. The molecule has 1 saturated heterocycles. The van der Waals surface area contributed by atoms with Crippen molar-refractivity contribution in [1.29, 1.82) is 0 Å². The Balaban J connectivity index is 1.88. The van der Waals surface area contributed by atoms with Gasteiger partial charge < -0.3 is 4.74 Å². The van der Waals surface area contributed by atoms with Gasteiger partial charge in [-0.05, 0) is 24.6 Å². The molecular weight excluding hydrogens is 298 g/mol. The summed E-state index contributed by atoms with van der Waals surface area (Å²) >= 11 is 0. The van der Waals surface area contributed by atoms with Crippen LogP contribution < -0.4 is 0 Å². The topological polar surface area (TPSA) is 46.6 Å². The summed E-state index contributed by atoms with van der Waals surface area (Å²) in [5.41, 5.74) is 1.00. The van der Waals surface area contributed by atoms with Gasteiger partial charge in [0.1, 0.15) is 0 Å². The molecule has 0 bridgehead atoms. The van der Waals surface area contributed by atoms with Gasteiger partial charge >= 0.3 is 0 Å². The van der Waals surface area contributed by atoms with E-state index >= 15 is 0 Å². The summed E-state index contributed by atoms with van der Waals surface area (Å²) in [6.45, 7) is 2.62. The molecule has 1 aliphatic rings. The minimum atomic E-state index is -3.48. The maximum Gasteiger partial charge on any atom is 0.243 e. The summed E-state index contributed by atoms with van der Waals surface area (Å²) in [4.78, 5) is 0.330. The second kappa shape index (κ2) is 6.20. The van der Waals surface area contributed by atoms with Crippen LogP contribution in [0.25, 0.3) is 0 Å². The molecule has 0 radical (unpaired) electrons. The minimum absolute atomic E-state index is 0.141. The van der Waals surface area contributed by atoms with Crippen LogP contribution >= 0.6 is 0 Å².